The molecule has 2 aliphatic heterocycles. The average Bonchev–Trinajstić information content (AvgIpc) is 2.77. The van der Waals surface area contributed by atoms with Gasteiger partial charge in [0.1, 0.15) is 0 Å². The molecule has 122 valence electrons. The molecule has 0 aromatic rings. The molecular formula is C17H33N3O. The van der Waals surface area contributed by atoms with Gasteiger partial charge in [0.2, 0.25) is 5.91 Å². The number of hydrogen-bond acceptors (Lipinski definition) is 3. The van der Waals surface area contributed by atoms with E-state index in [1.54, 1.807) is 0 Å². The minimum atomic E-state index is 0.0492. The lowest BCUT2D eigenvalue weighted by molar-refractivity contribution is -0.137. The Morgan fingerprint density at radius 2 is 1.86 bits per heavy atom. The van der Waals surface area contributed by atoms with Crippen molar-refractivity contribution in [1.29, 1.82) is 0 Å². The molecule has 0 spiro atoms. The second kappa shape index (κ2) is 8.14. The molecule has 3 atom stereocenters. The second-order valence-corrected chi connectivity index (χ2v) is 6.84. The van der Waals surface area contributed by atoms with Crippen LogP contribution in [0, 0.1) is 5.92 Å². The summed E-state index contributed by atoms with van der Waals surface area (Å²) in [6.45, 7) is 11.6. The molecule has 3 unspecified atom stereocenters. The molecule has 0 aliphatic carbocycles. The summed E-state index contributed by atoms with van der Waals surface area (Å²) < 4.78 is 0. The number of nitrogens with zero attached hydrogens (tertiary/aromatic N) is 2. The van der Waals surface area contributed by atoms with Crippen LogP contribution in [-0.2, 0) is 4.79 Å². The van der Waals surface area contributed by atoms with Crippen molar-refractivity contribution >= 4 is 5.91 Å². The van der Waals surface area contributed by atoms with Crippen LogP contribution >= 0.6 is 0 Å². The molecule has 4 nitrogen and oxygen atoms in total. The first kappa shape index (κ1) is 16.8. The Bertz CT molecular complexity index is 326. The lowest BCUT2D eigenvalue weighted by Gasteiger charge is -2.41. The molecular weight excluding hydrogens is 262 g/mol. The SMILES string of the molecule is CCNC1CCN(C(C)C(=O)N2CCCCCC2)CC1C. The molecule has 4 heteroatoms. The van der Waals surface area contributed by atoms with Gasteiger partial charge >= 0.3 is 0 Å². The van der Waals surface area contributed by atoms with Gasteiger partial charge in [-0.2, -0.15) is 0 Å². The predicted molar refractivity (Wildman–Crippen MR) is 87.3 cm³/mol. The topological polar surface area (TPSA) is 35.6 Å². The molecule has 0 aromatic heterocycles. The fraction of sp³-hybridized carbons (Fsp3) is 0.941. The van der Waals surface area contributed by atoms with E-state index in [2.05, 4.69) is 35.9 Å². The Morgan fingerprint density at radius 1 is 1.19 bits per heavy atom. The van der Waals surface area contributed by atoms with Crippen molar-refractivity contribution < 1.29 is 4.79 Å². The van der Waals surface area contributed by atoms with Crippen LogP contribution < -0.4 is 5.32 Å². The van der Waals surface area contributed by atoms with Gasteiger partial charge in [-0.25, -0.2) is 0 Å². The number of rotatable bonds is 4. The maximum Gasteiger partial charge on any atom is 0.239 e. The normalized spacial score (nSPS) is 30.0. The zero-order valence-electron chi connectivity index (χ0n) is 14.1. The number of carbonyl (C=O) groups is 1. The Morgan fingerprint density at radius 3 is 2.43 bits per heavy atom. The minimum absolute atomic E-state index is 0.0492. The highest BCUT2D eigenvalue weighted by Crippen LogP contribution is 2.20. The lowest BCUT2D eigenvalue weighted by Crippen LogP contribution is -2.55. The van der Waals surface area contributed by atoms with E-state index in [1.165, 1.54) is 25.7 Å². The van der Waals surface area contributed by atoms with Gasteiger partial charge in [-0.3, -0.25) is 9.69 Å². The van der Waals surface area contributed by atoms with Crippen LogP contribution in [0.25, 0.3) is 0 Å². The first-order chi connectivity index (χ1) is 10.1. The third-order valence-electron chi connectivity index (χ3n) is 5.23. The third-order valence-corrected chi connectivity index (χ3v) is 5.23. The molecule has 1 amide bonds. The van der Waals surface area contributed by atoms with Crippen LogP contribution in [0.2, 0.25) is 0 Å². The number of hydrogen-bond donors (Lipinski definition) is 1. The van der Waals surface area contributed by atoms with Crippen molar-refractivity contribution in [3.8, 4) is 0 Å². The zero-order chi connectivity index (χ0) is 15.2. The molecule has 0 saturated carbocycles. The summed E-state index contributed by atoms with van der Waals surface area (Å²) in [5, 5.41) is 3.57. The molecule has 2 rings (SSSR count). The summed E-state index contributed by atoms with van der Waals surface area (Å²) >= 11 is 0. The van der Waals surface area contributed by atoms with E-state index in [0.717, 1.165) is 39.1 Å². The fourth-order valence-corrected chi connectivity index (χ4v) is 3.81. The number of piperidine rings is 1. The zero-order valence-corrected chi connectivity index (χ0v) is 14.1. The number of nitrogens with one attached hydrogen (secondary N) is 1. The van der Waals surface area contributed by atoms with Crippen LogP contribution in [0.3, 0.4) is 0 Å². The van der Waals surface area contributed by atoms with Crippen LogP contribution in [0.15, 0.2) is 0 Å². The number of likely N-dealkylation sites (tertiary alicyclic amines) is 2. The summed E-state index contributed by atoms with van der Waals surface area (Å²) in [4.78, 5) is 17.2. The highest BCUT2D eigenvalue weighted by atomic mass is 16.2. The Balaban J connectivity index is 1.87. The van der Waals surface area contributed by atoms with Gasteiger partial charge in [-0.1, -0.05) is 26.7 Å². The van der Waals surface area contributed by atoms with Gasteiger partial charge in [0.25, 0.3) is 0 Å². The van der Waals surface area contributed by atoms with Gasteiger partial charge < -0.3 is 10.2 Å². The van der Waals surface area contributed by atoms with Crippen molar-refractivity contribution in [1.82, 2.24) is 15.1 Å². The van der Waals surface area contributed by atoms with Crippen LogP contribution in [0.4, 0.5) is 0 Å². The van der Waals surface area contributed by atoms with Gasteiger partial charge in [0, 0.05) is 32.2 Å². The molecule has 2 aliphatic rings. The summed E-state index contributed by atoms with van der Waals surface area (Å²) in [7, 11) is 0. The van der Waals surface area contributed by atoms with Crippen LogP contribution in [0.5, 0.6) is 0 Å². The minimum Gasteiger partial charge on any atom is -0.341 e. The smallest absolute Gasteiger partial charge is 0.239 e. The maximum atomic E-state index is 12.7. The summed E-state index contributed by atoms with van der Waals surface area (Å²) in [5.41, 5.74) is 0. The molecule has 0 aromatic carbocycles. The van der Waals surface area contributed by atoms with Gasteiger partial charge in [-0.05, 0) is 38.6 Å². The number of amides is 1. The van der Waals surface area contributed by atoms with Crippen molar-refractivity contribution in [3.05, 3.63) is 0 Å². The quantitative estimate of drug-likeness (QED) is 0.863. The summed E-state index contributed by atoms with van der Waals surface area (Å²) in [5.74, 6) is 0.976. The van der Waals surface area contributed by atoms with E-state index >= 15 is 0 Å². The molecule has 2 saturated heterocycles. The highest BCUT2D eigenvalue weighted by molar-refractivity contribution is 5.81. The average molecular weight is 295 g/mol. The number of carbonyl (C=O) groups excluding carboxylic acids is 1. The largest absolute Gasteiger partial charge is 0.341 e. The summed E-state index contributed by atoms with van der Waals surface area (Å²) in [6, 6.07) is 0.667. The van der Waals surface area contributed by atoms with Crippen molar-refractivity contribution in [2.24, 2.45) is 5.92 Å². The maximum absolute atomic E-state index is 12.7. The monoisotopic (exact) mass is 295 g/mol. The Hall–Kier alpha value is -0.610. The molecule has 2 fully saturated rings. The van der Waals surface area contributed by atoms with Gasteiger partial charge in [-0.15, -0.1) is 0 Å². The second-order valence-electron chi connectivity index (χ2n) is 6.84. The Labute approximate surface area is 130 Å². The van der Waals surface area contributed by atoms with E-state index in [9.17, 15) is 4.79 Å². The first-order valence-corrected chi connectivity index (χ1v) is 8.89. The van der Waals surface area contributed by atoms with E-state index < -0.39 is 0 Å². The Kier molecular flexibility index (Phi) is 6.49. The van der Waals surface area contributed by atoms with Crippen LogP contribution in [0.1, 0.15) is 52.9 Å². The molecule has 1 N–H and O–H groups in total. The fourth-order valence-electron chi connectivity index (χ4n) is 3.81. The third kappa shape index (κ3) is 4.43. The molecule has 2 heterocycles. The van der Waals surface area contributed by atoms with E-state index in [0.29, 0.717) is 17.9 Å². The van der Waals surface area contributed by atoms with E-state index in [-0.39, 0.29) is 6.04 Å². The highest BCUT2D eigenvalue weighted by Gasteiger charge is 2.32. The lowest BCUT2D eigenvalue weighted by atomic mass is 9.92. The molecule has 21 heavy (non-hydrogen) atoms. The molecule has 0 bridgehead atoms. The van der Waals surface area contributed by atoms with Crippen molar-refractivity contribution in [3.63, 3.8) is 0 Å². The predicted octanol–water partition coefficient (Wildman–Crippen LogP) is 2.10. The van der Waals surface area contributed by atoms with Crippen molar-refractivity contribution in [2.45, 2.75) is 65.0 Å². The first-order valence-electron chi connectivity index (χ1n) is 8.89. The van der Waals surface area contributed by atoms with E-state index in [4.69, 9.17) is 0 Å². The van der Waals surface area contributed by atoms with E-state index in [1.807, 2.05) is 0 Å². The van der Waals surface area contributed by atoms with Crippen LogP contribution in [-0.4, -0.2) is 60.5 Å². The van der Waals surface area contributed by atoms with Crippen molar-refractivity contribution in [2.75, 3.05) is 32.7 Å². The summed E-state index contributed by atoms with van der Waals surface area (Å²) in [6.07, 6.45) is 6.08. The molecule has 0 radical (unpaired) electrons. The van der Waals surface area contributed by atoms with Gasteiger partial charge in [0.15, 0.2) is 0 Å². The van der Waals surface area contributed by atoms with Gasteiger partial charge in [0.05, 0.1) is 6.04 Å². The standard InChI is InChI=1S/C17H33N3O/c1-4-18-16-9-12-20(13-14(16)2)15(3)17(21)19-10-7-5-6-8-11-19/h14-16,18H,4-13H2,1-3H3.